The average Bonchev–Trinajstić information content (AvgIpc) is 3.75. The van der Waals surface area contributed by atoms with Gasteiger partial charge in [0.05, 0.1) is 37.1 Å². The van der Waals surface area contributed by atoms with E-state index in [1.807, 2.05) is 74.5 Å². The van der Waals surface area contributed by atoms with Crippen LogP contribution in [0.3, 0.4) is 0 Å². The number of aliphatic hydroxyl groups is 1. The lowest BCUT2D eigenvalue weighted by Gasteiger charge is -2.39. The summed E-state index contributed by atoms with van der Waals surface area (Å²) in [7, 11) is 0. The van der Waals surface area contributed by atoms with E-state index in [4.69, 9.17) is 9.47 Å². The Balaban J connectivity index is 1.47. The summed E-state index contributed by atoms with van der Waals surface area (Å²) in [6.45, 7) is 11.8. The van der Waals surface area contributed by atoms with Crippen molar-refractivity contribution in [1.29, 1.82) is 0 Å². The van der Waals surface area contributed by atoms with Crippen LogP contribution < -0.4 is 5.32 Å². The van der Waals surface area contributed by atoms with E-state index < -0.39 is 47.7 Å². The monoisotopic (exact) mass is 671 g/mol. The maximum absolute atomic E-state index is 14.8. The number of hydrogen-bond donors (Lipinski definition) is 2. The molecule has 0 saturated carbocycles. The second-order valence-corrected chi connectivity index (χ2v) is 13.7. The lowest BCUT2D eigenvalue weighted by Crippen LogP contribution is -2.58. The fraction of sp³-hybridized carbons (Fsp3) is 0.487. The maximum atomic E-state index is 14.8. The predicted octanol–water partition coefficient (Wildman–Crippen LogP) is 4.35. The van der Waals surface area contributed by atoms with Gasteiger partial charge in [0, 0.05) is 19.5 Å². The molecule has 5 rings (SSSR count). The van der Waals surface area contributed by atoms with Crippen LogP contribution in [0.5, 0.6) is 0 Å². The molecule has 3 aliphatic rings. The molecule has 2 N–H and O–H groups in total. The number of likely N-dealkylation sites (tertiary alicyclic amines) is 1. The van der Waals surface area contributed by atoms with Crippen molar-refractivity contribution >= 4 is 23.7 Å². The smallest absolute Gasteiger partial charge is 0.313 e. The van der Waals surface area contributed by atoms with Gasteiger partial charge in [0.2, 0.25) is 17.7 Å². The van der Waals surface area contributed by atoms with Gasteiger partial charge in [-0.3, -0.25) is 19.2 Å². The Morgan fingerprint density at radius 2 is 1.80 bits per heavy atom. The largest absolute Gasteiger partial charge is 0.455 e. The van der Waals surface area contributed by atoms with Gasteiger partial charge in [0.15, 0.2) is 0 Å². The molecule has 0 aromatic heterocycles. The third kappa shape index (κ3) is 7.50. The molecule has 3 saturated heterocycles. The first-order valence-electron chi connectivity index (χ1n) is 17.3. The van der Waals surface area contributed by atoms with Crippen LogP contribution in [-0.4, -0.2) is 82.1 Å². The van der Waals surface area contributed by atoms with Crippen molar-refractivity contribution in [2.24, 2.45) is 17.8 Å². The van der Waals surface area contributed by atoms with Crippen molar-refractivity contribution in [3.63, 3.8) is 0 Å². The molecule has 3 fully saturated rings. The Bertz CT molecular complexity index is 1500. The molecule has 0 radical (unpaired) electrons. The van der Waals surface area contributed by atoms with Crippen LogP contribution in [0, 0.1) is 17.8 Å². The third-order valence-corrected chi connectivity index (χ3v) is 9.96. The summed E-state index contributed by atoms with van der Waals surface area (Å²) >= 11 is 0. The highest BCUT2D eigenvalue weighted by atomic mass is 16.6. The molecule has 2 aromatic carbocycles. The summed E-state index contributed by atoms with van der Waals surface area (Å²) < 4.78 is 12.8. The van der Waals surface area contributed by atoms with Crippen LogP contribution in [0.1, 0.15) is 63.2 Å². The fourth-order valence-electron chi connectivity index (χ4n) is 7.86. The second kappa shape index (κ2) is 16.0. The maximum Gasteiger partial charge on any atom is 0.313 e. The molecule has 3 aliphatic heterocycles. The first-order valence-corrected chi connectivity index (χ1v) is 17.3. The van der Waals surface area contributed by atoms with Gasteiger partial charge in [0.1, 0.15) is 17.7 Å². The van der Waals surface area contributed by atoms with E-state index in [0.717, 1.165) is 5.56 Å². The van der Waals surface area contributed by atoms with Crippen molar-refractivity contribution in [3.05, 3.63) is 97.1 Å². The number of nitrogens with zero attached hydrogens (tertiary/aromatic N) is 2. The minimum Gasteiger partial charge on any atom is -0.455 e. The number of ether oxygens (including phenoxy) is 2. The summed E-state index contributed by atoms with van der Waals surface area (Å²) in [6, 6.07) is 17.1. The molecule has 3 heterocycles. The van der Waals surface area contributed by atoms with Crippen molar-refractivity contribution in [2.45, 2.75) is 82.4 Å². The number of fused-ring (bicyclic) bond motifs is 1. The average molecular weight is 672 g/mol. The quantitative estimate of drug-likeness (QED) is 0.189. The second-order valence-electron chi connectivity index (χ2n) is 13.7. The van der Waals surface area contributed by atoms with Gasteiger partial charge in [-0.25, -0.2) is 0 Å². The highest BCUT2D eigenvalue weighted by Crippen LogP contribution is 2.59. The van der Waals surface area contributed by atoms with Gasteiger partial charge >= 0.3 is 5.97 Å². The normalized spacial score (nSPS) is 25.1. The van der Waals surface area contributed by atoms with Crippen molar-refractivity contribution in [3.8, 4) is 0 Å². The first-order chi connectivity index (χ1) is 23.6. The predicted molar refractivity (Wildman–Crippen MR) is 185 cm³/mol. The van der Waals surface area contributed by atoms with E-state index in [2.05, 4.69) is 18.5 Å². The zero-order valence-corrected chi connectivity index (χ0v) is 28.5. The number of nitrogens with one attached hydrogen (secondary N) is 1. The van der Waals surface area contributed by atoms with Gasteiger partial charge in [0.25, 0.3) is 0 Å². The van der Waals surface area contributed by atoms with Crippen molar-refractivity contribution in [2.75, 3.05) is 19.7 Å². The summed E-state index contributed by atoms with van der Waals surface area (Å²) in [5.41, 5.74) is 0.360. The molecule has 262 valence electrons. The zero-order valence-electron chi connectivity index (χ0n) is 28.5. The van der Waals surface area contributed by atoms with Gasteiger partial charge < -0.3 is 29.7 Å². The molecule has 49 heavy (non-hydrogen) atoms. The highest BCUT2D eigenvalue weighted by molar-refractivity contribution is 5.98. The number of carbonyl (C=O) groups excluding carboxylic acids is 4. The minimum absolute atomic E-state index is 0.0535. The lowest BCUT2D eigenvalue weighted by atomic mass is 9.70. The Hall–Kier alpha value is -4.28. The van der Waals surface area contributed by atoms with E-state index in [1.54, 1.807) is 17.1 Å². The molecular weight excluding hydrogens is 622 g/mol. The Morgan fingerprint density at radius 3 is 2.43 bits per heavy atom. The van der Waals surface area contributed by atoms with Gasteiger partial charge in [-0.2, -0.15) is 0 Å². The molecule has 2 bridgehead atoms. The third-order valence-electron chi connectivity index (χ3n) is 9.96. The van der Waals surface area contributed by atoms with E-state index >= 15 is 0 Å². The van der Waals surface area contributed by atoms with Crippen LogP contribution in [0.2, 0.25) is 0 Å². The molecule has 0 unspecified atom stereocenters. The lowest BCUT2D eigenvalue weighted by molar-refractivity contribution is -0.161. The number of allylic oxidation sites excluding steroid dienone is 1. The highest BCUT2D eigenvalue weighted by Gasteiger charge is 2.75. The molecular formula is C39H49N3O7. The molecule has 0 aliphatic carbocycles. The van der Waals surface area contributed by atoms with E-state index in [-0.39, 0.29) is 49.8 Å². The first kappa shape index (κ1) is 36.0. The van der Waals surface area contributed by atoms with E-state index in [1.165, 1.54) is 4.90 Å². The zero-order chi connectivity index (χ0) is 35.1. The van der Waals surface area contributed by atoms with Crippen molar-refractivity contribution < 1.29 is 33.8 Å². The van der Waals surface area contributed by atoms with Crippen LogP contribution >= 0.6 is 0 Å². The molecule has 3 amide bonds. The Morgan fingerprint density at radius 1 is 1.10 bits per heavy atom. The number of amides is 3. The number of aliphatic hydroxyl groups excluding tert-OH is 1. The Labute approximate surface area is 289 Å². The summed E-state index contributed by atoms with van der Waals surface area (Å²) in [6.07, 6.45) is 4.04. The van der Waals surface area contributed by atoms with Crippen LogP contribution in [0.25, 0.3) is 0 Å². The summed E-state index contributed by atoms with van der Waals surface area (Å²) in [5, 5.41) is 13.5. The standard InChI is InChI=1S/C39H49N3O7/c1-5-7-18-32(44)40-23-31(28-16-12-9-13-17-28)48-38(47)33-30-19-20-39(49-30)34(33)36(45)42(29(25-43)22-26(3)4)35(39)37(46)41(21-6-2)24-27-14-10-8-11-15-27/h5-6,8-17,26,29-31,33-35,43H,1-2,7,18-25H2,3-4H3,(H,40,44)/t29-,30+,31-,33-,34-,35+,39-/m1/s1. The molecule has 10 heteroatoms. The van der Waals surface area contributed by atoms with Crippen LogP contribution in [0.15, 0.2) is 86.0 Å². The number of hydrogen-bond acceptors (Lipinski definition) is 7. The topological polar surface area (TPSA) is 125 Å². The number of esters is 1. The van der Waals surface area contributed by atoms with Crippen LogP contribution in [0.4, 0.5) is 0 Å². The van der Waals surface area contributed by atoms with Crippen LogP contribution in [-0.2, 0) is 35.2 Å². The molecule has 2 aromatic rings. The summed E-state index contributed by atoms with van der Waals surface area (Å²) in [4.78, 5) is 59.3. The number of benzene rings is 2. The fourth-order valence-corrected chi connectivity index (χ4v) is 7.86. The summed E-state index contributed by atoms with van der Waals surface area (Å²) in [5.74, 6) is -3.28. The molecule has 10 nitrogen and oxygen atoms in total. The SMILES string of the molecule is C=CCCC(=O)NC[C@@H](OC(=O)[C@@H]1[C@@H]2CC[C@]3(O2)[C@H](C(=O)N(CC=C)Cc2ccccc2)N([C@@H](CO)CC(C)C)C(=O)[C@@H]13)c1ccccc1. The Kier molecular flexibility index (Phi) is 11.7. The van der Waals surface area contributed by atoms with E-state index in [0.29, 0.717) is 37.8 Å². The van der Waals surface area contributed by atoms with Gasteiger partial charge in [-0.1, -0.05) is 86.7 Å². The van der Waals surface area contributed by atoms with Gasteiger partial charge in [-0.05, 0) is 42.7 Å². The number of rotatable bonds is 17. The molecule has 7 atom stereocenters. The minimum atomic E-state index is -1.26. The molecule has 1 spiro atoms. The number of carbonyl (C=O) groups is 4. The van der Waals surface area contributed by atoms with Gasteiger partial charge in [-0.15, -0.1) is 13.2 Å². The van der Waals surface area contributed by atoms with E-state index in [9.17, 15) is 24.3 Å². The van der Waals surface area contributed by atoms with Crippen molar-refractivity contribution in [1.82, 2.24) is 15.1 Å².